The molecule has 7 heteroatoms. The molecular formula is C24H28N2O5. The van der Waals surface area contributed by atoms with Crippen molar-refractivity contribution in [3.05, 3.63) is 47.5 Å². The van der Waals surface area contributed by atoms with E-state index in [1.165, 1.54) is 0 Å². The number of nitrogens with one attached hydrogen (secondary N) is 1. The number of carbonyl (C=O) groups is 2. The zero-order valence-electron chi connectivity index (χ0n) is 18.1. The molecule has 0 aromatic heterocycles. The van der Waals surface area contributed by atoms with Crippen molar-refractivity contribution in [1.82, 2.24) is 5.32 Å². The van der Waals surface area contributed by atoms with Gasteiger partial charge in [-0.2, -0.15) is 0 Å². The Morgan fingerprint density at radius 2 is 1.84 bits per heavy atom. The Bertz CT molecular complexity index is 967. The average Bonchev–Trinajstić information content (AvgIpc) is 3.28. The smallest absolute Gasteiger partial charge is 0.338 e. The summed E-state index contributed by atoms with van der Waals surface area (Å²) in [6, 6.07) is 10.7. The highest BCUT2D eigenvalue weighted by atomic mass is 16.5. The van der Waals surface area contributed by atoms with Crippen LogP contribution < -0.4 is 19.7 Å². The van der Waals surface area contributed by atoms with Gasteiger partial charge in [0, 0.05) is 5.69 Å². The van der Waals surface area contributed by atoms with E-state index in [1.807, 2.05) is 24.0 Å². The first-order valence-corrected chi connectivity index (χ1v) is 10.8. The molecule has 1 atom stereocenters. The van der Waals surface area contributed by atoms with E-state index in [0.29, 0.717) is 34.9 Å². The fourth-order valence-corrected chi connectivity index (χ4v) is 4.27. The number of hydrogen-bond donors (Lipinski definition) is 1. The summed E-state index contributed by atoms with van der Waals surface area (Å²) < 4.78 is 17.1. The molecule has 1 aliphatic heterocycles. The minimum atomic E-state index is -0.360. The lowest BCUT2D eigenvalue weighted by atomic mass is 10.0. The number of carbonyl (C=O) groups excluding carboxylic acids is 2. The van der Waals surface area contributed by atoms with Gasteiger partial charge in [-0.05, 0) is 75.9 Å². The van der Waals surface area contributed by atoms with Gasteiger partial charge in [0.05, 0.1) is 30.9 Å². The van der Waals surface area contributed by atoms with Crippen LogP contribution in [-0.2, 0) is 4.74 Å². The van der Waals surface area contributed by atoms with E-state index >= 15 is 0 Å². The van der Waals surface area contributed by atoms with Crippen molar-refractivity contribution in [2.24, 2.45) is 0 Å². The first kappa shape index (κ1) is 21.0. The molecule has 2 aliphatic rings. The monoisotopic (exact) mass is 424 g/mol. The predicted octanol–water partition coefficient (Wildman–Crippen LogP) is 4.42. The van der Waals surface area contributed by atoms with Gasteiger partial charge < -0.3 is 24.4 Å². The molecule has 1 saturated carbocycles. The zero-order chi connectivity index (χ0) is 22.0. The molecule has 0 bridgehead atoms. The maximum absolute atomic E-state index is 12.8. The Morgan fingerprint density at radius 3 is 2.48 bits per heavy atom. The van der Waals surface area contributed by atoms with E-state index < -0.39 is 0 Å². The van der Waals surface area contributed by atoms with Gasteiger partial charge in [0.1, 0.15) is 11.9 Å². The van der Waals surface area contributed by atoms with Gasteiger partial charge in [-0.25, -0.2) is 4.79 Å². The summed E-state index contributed by atoms with van der Waals surface area (Å²) >= 11 is 0. The second kappa shape index (κ2) is 8.88. The Morgan fingerprint density at radius 1 is 1.13 bits per heavy atom. The molecule has 164 valence electrons. The largest absolute Gasteiger partial charge is 0.493 e. The maximum Gasteiger partial charge on any atom is 0.338 e. The molecule has 2 aromatic rings. The SMILES string of the molecule is CCOC(=O)c1ccc(N2c3c(ccc(OC)c3OC3CCCC3)C(=O)NC2C)cc1. The van der Waals surface area contributed by atoms with Gasteiger partial charge in [0.25, 0.3) is 5.91 Å². The fraction of sp³-hybridized carbons (Fsp3) is 0.417. The van der Waals surface area contributed by atoms with Crippen molar-refractivity contribution in [1.29, 1.82) is 0 Å². The highest BCUT2D eigenvalue weighted by molar-refractivity contribution is 6.05. The summed E-state index contributed by atoms with van der Waals surface area (Å²) in [5.74, 6) is 0.672. The molecule has 1 fully saturated rings. The van der Waals surface area contributed by atoms with Crippen molar-refractivity contribution in [2.45, 2.75) is 51.8 Å². The normalized spacial score (nSPS) is 18.4. The Labute approximate surface area is 182 Å². The molecule has 1 aliphatic carbocycles. The van der Waals surface area contributed by atoms with Crippen LogP contribution in [0.25, 0.3) is 0 Å². The number of rotatable bonds is 6. The van der Waals surface area contributed by atoms with Crippen LogP contribution in [0.1, 0.15) is 60.2 Å². The second-order valence-electron chi connectivity index (χ2n) is 7.80. The lowest BCUT2D eigenvalue weighted by Crippen LogP contribution is -2.49. The Hall–Kier alpha value is -3.22. The van der Waals surface area contributed by atoms with Gasteiger partial charge in [-0.3, -0.25) is 4.79 Å². The molecule has 1 N–H and O–H groups in total. The van der Waals surface area contributed by atoms with E-state index in [1.54, 1.807) is 38.3 Å². The zero-order valence-corrected chi connectivity index (χ0v) is 18.1. The second-order valence-corrected chi connectivity index (χ2v) is 7.80. The molecule has 1 heterocycles. The standard InChI is InChI=1S/C24H28N2O5/c1-4-30-24(28)16-9-11-17(12-10-16)26-15(2)25-23(27)19-13-14-20(29-3)22(21(19)26)31-18-7-5-6-8-18/h9-15,18H,4-8H2,1-3H3,(H,25,27). The molecule has 31 heavy (non-hydrogen) atoms. The van der Waals surface area contributed by atoms with Crippen LogP contribution in [0.15, 0.2) is 36.4 Å². The van der Waals surface area contributed by atoms with Crippen molar-refractivity contribution < 1.29 is 23.8 Å². The molecule has 2 aromatic carbocycles. The number of benzene rings is 2. The highest BCUT2D eigenvalue weighted by Gasteiger charge is 2.35. The average molecular weight is 424 g/mol. The van der Waals surface area contributed by atoms with Gasteiger partial charge in [-0.1, -0.05) is 0 Å². The number of fused-ring (bicyclic) bond motifs is 1. The summed E-state index contributed by atoms with van der Waals surface area (Å²) in [6.45, 7) is 4.02. The lowest BCUT2D eigenvalue weighted by Gasteiger charge is -2.38. The predicted molar refractivity (Wildman–Crippen MR) is 117 cm³/mol. The molecular weight excluding hydrogens is 396 g/mol. The van der Waals surface area contributed by atoms with Crippen LogP contribution in [0.3, 0.4) is 0 Å². The number of hydrogen-bond acceptors (Lipinski definition) is 6. The van der Waals surface area contributed by atoms with Gasteiger partial charge in [0.15, 0.2) is 11.5 Å². The third kappa shape index (κ3) is 4.04. The number of methoxy groups -OCH3 is 1. The van der Waals surface area contributed by atoms with E-state index in [2.05, 4.69) is 5.32 Å². The Balaban J connectivity index is 1.79. The molecule has 1 amide bonds. The molecule has 0 radical (unpaired) electrons. The number of anilines is 2. The van der Waals surface area contributed by atoms with E-state index in [-0.39, 0.29) is 24.1 Å². The third-order valence-electron chi connectivity index (χ3n) is 5.77. The fourth-order valence-electron chi connectivity index (χ4n) is 4.27. The molecule has 0 saturated heterocycles. The summed E-state index contributed by atoms with van der Waals surface area (Å²) in [5, 5.41) is 3.00. The van der Waals surface area contributed by atoms with Crippen LogP contribution in [0.5, 0.6) is 11.5 Å². The van der Waals surface area contributed by atoms with Crippen LogP contribution in [0, 0.1) is 0 Å². The first-order chi connectivity index (χ1) is 15.0. The number of ether oxygens (including phenoxy) is 3. The van der Waals surface area contributed by atoms with Crippen molar-refractivity contribution >= 4 is 23.3 Å². The maximum atomic E-state index is 12.8. The molecule has 1 unspecified atom stereocenters. The molecule has 4 rings (SSSR count). The van der Waals surface area contributed by atoms with Crippen molar-refractivity contribution in [3.63, 3.8) is 0 Å². The lowest BCUT2D eigenvalue weighted by molar-refractivity contribution is 0.0526. The van der Waals surface area contributed by atoms with Crippen LogP contribution in [0.4, 0.5) is 11.4 Å². The summed E-state index contributed by atoms with van der Waals surface area (Å²) in [5.41, 5.74) is 2.52. The van der Waals surface area contributed by atoms with E-state index in [0.717, 1.165) is 31.4 Å². The van der Waals surface area contributed by atoms with Crippen LogP contribution in [-0.4, -0.2) is 37.9 Å². The number of esters is 1. The first-order valence-electron chi connectivity index (χ1n) is 10.8. The molecule has 0 spiro atoms. The Kier molecular flexibility index (Phi) is 6.02. The third-order valence-corrected chi connectivity index (χ3v) is 5.77. The van der Waals surface area contributed by atoms with Gasteiger partial charge >= 0.3 is 5.97 Å². The number of nitrogens with zero attached hydrogens (tertiary/aromatic N) is 1. The summed E-state index contributed by atoms with van der Waals surface area (Å²) in [7, 11) is 1.61. The van der Waals surface area contributed by atoms with Crippen LogP contribution >= 0.6 is 0 Å². The minimum Gasteiger partial charge on any atom is -0.493 e. The van der Waals surface area contributed by atoms with E-state index in [9.17, 15) is 9.59 Å². The summed E-state index contributed by atoms with van der Waals surface area (Å²) in [6.07, 6.45) is 4.04. The quantitative estimate of drug-likeness (QED) is 0.692. The topological polar surface area (TPSA) is 77.1 Å². The van der Waals surface area contributed by atoms with Crippen molar-refractivity contribution in [3.8, 4) is 11.5 Å². The van der Waals surface area contributed by atoms with Gasteiger partial charge in [0.2, 0.25) is 0 Å². The minimum absolute atomic E-state index is 0.105. The number of amides is 1. The van der Waals surface area contributed by atoms with Crippen LogP contribution in [0.2, 0.25) is 0 Å². The highest BCUT2D eigenvalue weighted by Crippen LogP contribution is 2.47. The molecule has 7 nitrogen and oxygen atoms in total. The van der Waals surface area contributed by atoms with Gasteiger partial charge in [-0.15, -0.1) is 0 Å². The summed E-state index contributed by atoms with van der Waals surface area (Å²) in [4.78, 5) is 26.8. The van der Waals surface area contributed by atoms with E-state index in [4.69, 9.17) is 14.2 Å². The van der Waals surface area contributed by atoms with Crippen molar-refractivity contribution in [2.75, 3.05) is 18.6 Å².